The molecule has 20 heavy (non-hydrogen) atoms. The van der Waals surface area contributed by atoms with Gasteiger partial charge in [0.15, 0.2) is 0 Å². The Hall–Kier alpha value is -1.33. The Bertz CT molecular complexity index is 534. The molecule has 1 aromatic carbocycles. The summed E-state index contributed by atoms with van der Waals surface area (Å²) in [5, 5.41) is 2.71. The van der Waals surface area contributed by atoms with Gasteiger partial charge in [0.05, 0.1) is 11.6 Å². The van der Waals surface area contributed by atoms with E-state index in [-0.39, 0.29) is 29.3 Å². The zero-order valence-corrected chi connectivity index (χ0v) is 12.3. The molecular weight excluding hydrogens is 283 g/mol. The van der Waals surface area contributed by atoms with Gasteiger partial charge in [-0.3, -0.25) is 4.79 Å². The Morgan fingerprint density at radius 3 is 2.85 bits per heavy atom. The summed E-state index contributed by atoms with van der Waals surface area (Å²) in [6.07, 6.45) is 0.232. The molecule has 1 amide bonds. The van der Waals surface area contributed by atoms with Crippen LogP contribution in [0, 0.1) is 5.82 Å². The quantitative estimate of drug-likeness (QED) is 0.898. The van der Waals surface area contributed by atoms with Crippen molar-refractivity contribution < 1.29 is 13.9 Å². The highest BCUT2D eigenvalue weighted by molar-refractivity contribution is 6.31. The van der Waals surface area contributed by atoms with Gasteiger partial charge in [0, 0.05) is 36.1 Å². The number of benzene rings is 1. The SMILES string of the molecule is CCOc1c([C@@H](C)N)cc(Cl)c(F)c1[C@H]1CNC(=O)C1. The molecule has 6 heteroatoms. The summed E-state index contributed by atoms with van der Waals surface area (Å²) in [5.74, 6) is -0.480. The molecule has 1 aliphatic heterocycles. The summed E-state index contributed by atoms with van der Waals surface area (Å²) in [6, 6.07) is 1.17. The van der Waals surface area contributed by atoms with Crippen molar-refractivity contribution in [2.45, 2.75) is 32.2 Å². The Kier molecular flexibility index (Phi) is 4.50. The fraction of sp³-hybridized carbons (Fsp3) is 0.500. The van der Waals surface area contributed by atoms with E-state index >= 15 is 0 Å². The van der Waals surface area contributed by atoms with E-state index in [1.54, 1.807) is 6.92 Å². The molecule has 2 atom stereocenters. The van der Waals surface area contributed by atoms with Gasteiger partial charge in [0.25, 0.3) is 0 Å². The van der Waals surface area contributed by atoms with Gasteiger partial charge in [-0.1, -0.05) is 11.6 Å². The van der Waals surface area contributed by atoms with Crippen LogP contribution in [0.1, 0.15) is 43.4 Å². The van der Waals surface area contributed by atoms with Gasteiger partial charge >= 0.3 is 0 Å². The zero-order chi connectivity index (χ0) is 14.9. The summed E-state index contributed by atoms with van der Waals surface area (Å²) in [4.78, 5) is 11.4. The van der Waals surface area contributed by atoms with Crippen molar-refractivity contribution >= 4 is 17.5 Å². The molecule has 1 aliphatic rings. The van der Waals surface area contributed by atoms with Crippen LogP contribution in [0.25, 0.3) is 0 Å². The Balaban J connectivity index is 2.59. The van der Waals surface area contributed by atoms with Crippen LogP contribution < -0.4 is 15.8 Å². The number of halogens is 2. The third-order valence-electron chi connectivity index (χ3n) is 3.40. The highest BCUT2D eigenvalue weighted by atomic mass is 35.5. The summed E-state index contributed by atoms with van der Waals surface area (Å²) in [7, 11) is 0. The lowest BCUT2D eigenvalue weighted by Crippen LogP contribution is -2.16. The fourth-order valence-electron chi connectivity index (χ4n) is 2.47. The van der Waals surface area contributed by atoms with Gasteiger partial charge in [-0.05, 0) is 19.9 Å². The smallest absolute Gasteiger partial charge is 0.220 e. The molecule has 1 saturated heterocycles. The predicted octanol–water partition coefficient (Wildman–Crippen LogP) is 2.50. The van der Waals surface area contributed by atoms with Crippen LogP contribution in [0.5, 0.6) is 5.75 Å². The van der Waals surface area contributed by atoms with E-state index in [1.807, 2.05) is 6.92 Å². The van der Waals surface area contributed by atoms with E-state index in [1.165, 1.54) is 6.07 Å². The van der Waals surface area contributed by atoms with Crippen LogP contribution in [0.2, 0.25) is 5.02 Å². The first-order valence-electron chi connectivity index (χ1n) is 6.62. The van der Waals surface area contributed by atoms with Gasteiger partial charge in [0.2, 0.25) is 5.91 Å². The van der Waals surface area contributed by atoms with Crippen molar-refractivity contribution in [2.24, 2.45) is 5.73 Å². The lowest BCUT2D eigenvalue weighted by atomic mass is 9.92. The zero-order valence-electron chi connectivity index (χ0n) is 11.5. The summed E-state index contributed by atoms with van der Waals surface area (Å²) in [6.45, 7) is 4.38. The van der Waals surface area contributed by atoms with Crippen LogP contribution >= 0.6 is 11.6 Å². The third kappa shape index (κ3) is 2.74. The minimum atomic E-state index is -0.527. The fourth-order valence-corrected chi connectivity index (χ4v) is 2.69. The van der Waals surface area contributed by atoms with Crippen molar-refractivity contribution in [1.82, 2.24) is 5.32 Å². The van der Waals surface area contributed by atoms with Crippen LogP contribution in [0.3, 0.4) is 0 Å². The van der Waals surface area contributed by atoms with Crippen LogP contribution in [-0.2, 0) is 4.79 Å². The monoisotopic (exact) mass is 300 g/mol. The molecule has 4 nitrogen and oxygen atoms in total. The molecule has 110 valence electrons. The van der Waals surface area contributed by atoms with E-state index in [2.05, 4.69) is 5.32 Å². The summed E-state index contributed by atoms with van der Waals surface area (Å²) >= 11 is 5.96. The number of ether oxygens (including phenoxy) is 1. The number of hydrogen-bond donors (Lipinski definition) is 2. The van der Waals surface area contributed by atoms with Gasteiger partial charge in [0.1, 0.15) is 11.6 Å². The molecule has 0 aliphatic carbocycles. The largest absolute Gasteiger partial charge is 0.493 e. The van der Waals surface area contributed by atoms with Crippen molar-refractivity contribution in [3.05, 3.63) is 28.0 Å². The molecule has 1 fully saturated rings. The minimum absolute atomic E-state index is 0.00935. The highest BCUT2D eigenvalue weighted by Crippen LogP contribution is 2.41. The molecule has 2 rings (SSSR count). The topological polar surface area (TPSA) is 64.3 Å². The molecular formula is C14H18ClFN2O2. The first kappa shape index (κ1) is 15.1. The summed E-state index contributed by atoms with van der Waals surface area (Å²) < 4.78 is 20.0. The van der Waals surface area contributed by atoms with Crippen LogP contribution in [-0.4, -0.2) is 19.1 Å². The maximum absolute atomic E-state index is 14.4. The summed E-state index contributed by atoms with van der Waals surface area (Å²) in [5.41, 5.74) is 6.93. The molecule has 0 aromatic heterocycles. The maximum Gasteiger partial charge on any atom is 0.220 e. The molecule has 1 heterocycles. The first-order chi connectivity index (χ1) is 9.45. The lowest BCUT2D eigenvalue weighted by molar-refractivity contribution is -0.119. The van der Waals surface area contributed by atoms with Crippen LogP contribution in [0.15, 0.2) is 6.07 Å². The maximum atomic E-state index is 14.4. The van der Waals surface area contributed by atoms with Gasteiger partial charge in [-0.2, -0.15) is 0 Å². The van der Waals surface area contributed by atoms with E-state index in [0.717, 1.165) is 0 Å². The van der Waals surface area contributed by atoms with E-state index in [4.69, 9.17) is 22.1 Å². The molecule has 0 saturated carbocycles. The second-order valence-corrected chi connectivity index (χ2v) is 5.34. The van der Waals surface area contributed by atoms with E-state index < -0.39 is 5.82 Å². The van der Waals surface area contributed by atoms with Gasteiger partial charge in [-0.15, -0.1) is 0 Å². The van der Waals surface area contributed by atoms with Crippen molar-refractivity contribution in [3.63, 3.8) is 0 Å². The van der Waals surface area contributed by atoms with Crippen molar-refractivity contribution in [3.8, 4) is 5.75 Å². The number of nitrogens with two attached hydrogens (primary N) is 1. The number of hydrogen-bond acceptors (Lipinski definition) is 3. The Morgan fingerprint density at radius 2 is 2.35 bits per heavy atom. The highest BCUT2D eigenvalue weighted by Gasteiger charge is 2.31. The Morgan fingerprint density at radius 1 is 1.65 bits per heavy atom. The molecule has 3 N–H and O–H groups in total. The average molecular weight is 301 g/mol. The number of carbonyl (C=O) groups is 1. The minimum Gasteiger partial charge on any atom is -0.493 e. The number of amides is 1. The molecule has 0 unspecified atom stereocenters. The number of rotatable bonds is 4. The Labute approximate surface area is 122 Å². The van der Waals surface area contributed by atoms with Crippen molar-refractivity contribution in [1.29, 1.82) is 0 Å². The number of carbonyl (C=O) groups excluding carboxylic acids is 1. The second-order valence-electron chi connectivity index (χ2n) is 4.93. The molecule has 0 bridgehead atoms. The van der Waals surface area contributed by atoms with Gasteiger partial charge in [-0.25, -0.2) is 4.39 Å². The van der Waals surface area contributed by atoms with Gasteiger partial charge < -0.3 is 15.8 Å². The molecule has 0 spiro atoms. The second kappa shape index (κ2) is 5.97. The first-order valence-corrected chi connectivity index (χ1v) is 7.00. The predicted molar refractivity (Wildman–Crippen MR) is 75.5 cm³/mol. The van der Waals surface area contributed by atoms with E-state index in [0.29, 0.717) is 30.0 Å². The normalized spacial score (nSPS) is 19.9. The van der Waals surface area contributed by atoms with Crippen LogP contribution in [0.4, 0.5) is 4.39 Å². The number of nitrogens with one attached hydrogen (secondary N) is 1. The standard InChI is InChI=1S/C14H18ClFN2O2/c1-3-20-14-9(7(2)17)5-10(15)13(16)12(14)8-4-11(19)18-6-8/h5,7-8H,3-4,6,17H2,1-2H3,(H,18,19)/t7-,8-/m1/s1. The van der Waals surface area contributed by atoms with Crippen molar-refractivity contribution in [2.75, 3.05) is 13.2 Å². The average Bonchev–Trinajstić information content (AvgIpc) is 2.80. The lowest BCUT2D eigenvalue weighted by Gasteiger charge is -2.21. The molecule has 1 aromatic rings. The molecule has 0 radical (unpaired) electrons. The third-order valence-corrected chi connectivity index (χ3v) is 3.68. The van der Waals surface area contributed by atoms with E-state index in [9.17, 15) is 9.18 Å².